The summed E-state index contributed by atoms with van der Waals surface area (Å²) < 4.78 is 13.6. The van der Waals surface area contributed by atoms with Gasteiger partial charge in [0, 0.05) is 41.5 Å². The minimum Gasteiger partial charge on any atom is -0.308 e. The maximum Gasteiger partial charge on any atom is 0.228 e. The third kappa shape index (κ3) is 4.67. The normalized spacial score (nSPS) is 15.1. The molecule has 0 aliphatic heterocycles. The number of carbonyl (C=O) groups excluding carboxylic acids is 1. The predicted molar refractivity (Wildman–Crippen MR) is 99.6 cm³/mol. The van der Waals surface area contributed by atoms with Gasteiger partial charge >= 0.3 is 0 Å². The van der Waals surface area contributed by atoms with Gasteiger partial charge in [0.25, 0.3) is 0 Å². The fourth-order valence-corrected chi connectivity index (χ4v) is 4.25. The SMILES string of the molecule is CCN(C(=O)CCS(=O)CC1CC1)c1cn(-c2cccnc2)nc1Cl. The zero-order valence-corrected chi connectivity index (χ0v) is 15.7. The van der Waals surface area contributed by atoms with Crippen molar-refractivity contribution in [2.45, 2.75) is 26.2 Å². The van der Waals surface area contributed by atoms with E-state index >= 15 is 0 Å². The average Bonchev–Trinajstić information content (AvgIpc) is 3.35. The van der Waals surface area contributed by atoms with Crippen molar-refractivity contribution < 1.29 is 9.00 Å². The second-order valence-electron chi connectivity index (χ2n) is 6.10. The number of hydrogen-bond donors (Lipinski definition) is 0. The lowest BCUT2D eigenvalue weighted by Crippen LogP contribution is -2.31. The van der Waals surface area contributed by atoms with Crippen molar-refractivity contribution in [2.24, 2.45) is 5.92 Å². The van der Waals surface area contributed by atoms with E-state index in [1.54, 1.807) is 28.2 Å². The minimum atomic E-state index is -0.923. The van der Waals surface area contributed by atoms with Crippen LogP contribution in [0.15, 0.2) is 30.7 Å². The zero-order chi connectivity index (χ0) is 17.8. The van der Waals surface area contributed by atoms with E-state index in [0.717, 1.165) is 11.4 Å². The van der Waals surface area contributed by atoms with Crippen molar-refractivity contribution in [2.75, 3.05) is 23.0 Å². The molecule has 0 bridgehead atoms. The molecule has 134 valence electrons. The van der Waals surface area contributed by atoms with Crippen molar-refractivity contribution in [3.8, 4) is 5.69 Å². The second-order valence-corrected chi connectivity index (χ2v) is 8.08. The molecule has 3 rings (SSSR count). The fourth-order valence-electron chi connectivity index (χ4n) is 2.59. The van der Waals surface area contributed by atoms with E-state index in [9.17, 15) is 9.00 Å². The summed E-state index contributed by atoms with van der Waals surface area (Å²) in [7, 11) is -0.923. The number of hydrogen-bond acceptors (Lipinski definition) is 4. The van der Waals surface area contributed by atoms with Crippen LogP contribution in [-0.2, 0) is 15.6 Å². The Hall–Kier alpha value is -1.73. The summed E-state index contributed by atoms with van der Waals surface area (Å²) in [6.07, 6.45) is 7.67. The number of anilines is 1. The average molecular weight is 381 g/mol. The highest BCUT2D eigenvalue weighted by atomic mass is 35.5. The molecule has 0 aromatic carbocycles. The summed E-state index contributed by atoms with van der Waals surface area (Å²) in [5.41, 5.74) is 1.33. The smallest absolute Gasteiger partial charge is 0.228 e. The lowest BCUT2D eigenvalue weighted by molar-refractivity contribution is -0.118. The molecule has 8 heteroatoms. The highest BCUT2D eigenvalue weighted by Gasteiger charge is 2.25. The summed E-state index contributed by atoms with van der Waals surface area (Å²) in [6.45, 7) is 2.36. The van der Waals surface area contributed by atoms with Crippen molar-refractivity contribution in [3.05, 3.63) is 35.9 Å². The molecule has 1 atom stereocenters. The van der Waals surface area contributed by atoms with Crippen LogP contribution in [0.5, 0.6) is 0 Å². The molecule has 1 fully saturated rings. The first-order valence-electron chi connectivity index (χ1n) is 8.39. The van der Waals surface area contributed by atoms with Crippen molar-refractivity contribution in [1.82, 2.24) is 14.8 Å². The summed E-state index contributed by atoms with van der Waals surface area (Å²) in [5.74, 6) is 1.64. The molecule has 0 N–H and O–H groups in total. The van der Waals surface area contributed by atoms with Crippen LogP contribution in [-0.4, -0.2) is 42.9 Å². The molecule has 1 aliphatic carbocycles. The Morgan fingerprint density at radius 1 is 1.48 bits per heavy atom. The molecule has 25 heavy (non-hydrogen) atoms. The predicted octanol–water partition coefficient (Wildman–Crippen LogP) is 2.82. The number of rotatable bonds is 8. The van der Waals surface area contributed by atoms with E-state index in [0.29, 0.717) is 23.9 Å². The fraction of sp³-hybridized carbons (Fsp3) is 0.471. The summed E-state index contributed by atoms with van der Waals surface area (Å²) in [5, 5.41) is 4.53. The first-order chi connectivity index (χ1) is 12.1. The van der Waals surface area contributed by atoms with Gasteiger partial charge in [-0.2, -0.15) is 5.10 Å². The second kappa shape index (κ2) is 8.10. The number of carbonyl (C=O) groups is 1. The van der Waals surface area contributed by atoms with Crippen LogP contribution in [0.3, 0.4) is 0 Å². The number of amides is 1. The Balaban J connectivity index is 1.68. The Morgan fingerprint density at radius 2 is 2.28 bits per heavy atom. The van der Waals surface area contributed by atoms with Gasteiger partial charge < -0.3 is 4.90 Å². The Labute approximate surface area is 154 Å². The maximum atomic E-state index is 12.6. The first-order valence-corrected chi connectivity index (χ1v) is 10.3. The number of nitrogens with zero attached hydrogens (tertiary/aromatic N) is 4. The molecule has 2 heterocycles. The number of pyridine rings is 1. The van der Waals surface area contributed by atoms with E-state index in [2.05, 4.69) is 10.1 Å². The van der Waals surface area contributed by atoms with E-state index < -0.39 is 10.8 Å². The van der Waals surface area contributed by atoms with Gasteiger partial charge in [0.2, 0.25) is 5.91 Å². The van der Waals surface area contributed by atoms with Crippen molar-refractivity contribution in [3.63, 3.8) is 0 Å². The van der Waals surface area contributed by atoms with Gasteiger partial charge in [-0.3, -0.25) is 14.0 Å². The molecular formula is C17H21ClN4O2S. The molecule has 0 spiro atoms. The van der Waals surface area contributed by atoms with Gasteiger partial charge in [0.1, 0.15) is 5.69 Å². The summed E-state index contributed by atoms with van der Waals surface area (Å²) in [4.78, 5) is 18.2. The van der Waals surface area contributed by atoms with Crippen molar-refractivity contribution >= 4 is 34.0 Å². The zero-order valence-electron chi connectivity index (χ0n) is 14.1. The topological polar surface area (TPSA) is 68.1 Å². The highest BCUT2D eigenvalue weighted by Crippen LogP contribution is 2.30. The van der Waals surface area contributed by atoms with Crippen LogP contribution in [0.4, 0.5) is 5.69 Å². The Bertz CT molecular complexity index is 761. The van der Waals surface area contributed by atoms with Crippen molar-refractivity contribution in [1.29, 1.82) is 0 Å². The van der Waals surface area contributed by atoms with E-state index in [4.69, 9.17) is 11.6 Å². The quantitative estimate of drug-likeness (QED) is 0.706. The van der Waals surface area contributed by atoms with Gasteiger partial charge in [-0.1, -0.05) is 11.6 Å². The molecule has 1 aliphatic rings. The van der Waals surface area contributed by atoms with E-state index in [1.165, 1.54) is 12.8 Å². The molecule has 1 unspecified atom stereocenters. The van der Waals surface area contributed by atoms with Gasteiger partial charge in [0.05, 0.1) is 18.1 Å². The summed E-state index contributed by atoms with van der Waals surface area (Å²) in [6, 6.07) is 3.67. The standard InChI is InChI=1S/C17H21ClN4O2S/c1-2-21(16(23)7-9-25(24)12-13-5-6-13)15-11-22(20-17(15)18)14-4-3-8-19-10-14/h3-4,8,10-11,13H,2,5-7,9,12H2,1H3. The third-order valence-corrected chi connectivity index (χ3v) is 5.90. The number of aromatic nitrogens is 3. The van der Waals surface area contributed by atoms with E-state index in [-0.39, 0.29) is 17.5 Å². The van der Waals surface area contributed by atoms with Crippen LogP contribution in [0.1, 0.15) is 26.2 Å². The molecule has 1 saturated carbocycles. The first kappa shape index (κ1) is 18.1. The molecular weight excluding hydrogens is 360 g/mol. The van der Waals surface area contributed by atoms with Gasteiger partial charge in [0.15, 0.2) is 5.15 Å². The molecule has 2 aromatic heterocycles. The highest BCUT2D eigenvalue weighted by molar-refractivity contribution is 7.85. The van der Waals surface area contributed by atoms with Gasteiger partial charge in [-0.05, 0) is 37.8 Å². The third-order valence-electron chi connectivity index (χ3n) is 4.13. The van der Waals surface area contributed by atoms with Crippen LogP contribution < -0.4 is 4.90 Å². The molecule has 1 amide bonds. The monoisotopic (exact) mass is 380 g/mol. The Kier molecular flexibility index (Phi) is 5.86. The minimum absolute atomic E-state index is 0.0840. The lowest BCUT2D eigenvalue weighted by atomic mass is 10.3. The van der Waals surface area contributed by atoms with Crippen LogP contribution in [0.25, 0.3) is 5.69 Å². The van der Waals surface area contributed by atoms with E-state index in [1.807, 2.05) is 19.1 Å². The molecule has 2 aromatic rings. The van der Waals surface area contributed by atoms with Gasteiger partial charge in [-0.25, -0.2) is 4.68 Å². The van der Waals surface area contributed by atoms with Gasteiger partial charge in [-0.15, -0.1) is 0 Å². The summed E-state index contributed by atoms with van der Waals surface area (Å²) >= 11 is 6.25. The maximum absolute atomic E-state index is 12.6. The molecule has 6 nitrogen and oxygen atoms in total. The number of halogens is 1. The molecule has 0 saturated heterocycles. The lowest BCUT2D eigenvalue weighted by Gasteiger charge is -2.19. The molecule has 0 radical (unpaired) electrons. The van der Waals surface area contributed by atoms with Crippen LogP contribution >= 0.6 is 11.6 Å². The Morgan fingerprint density at radius 3 is 2.92 bits per heavy atom. The van der Waals surface area contributed by atoms with Crippen LogP contribution in [0, 0.1) is 5.92 Å². The largest absolute Gasteiger partial charge is 0.308 e. The van der Waals surface area contributed by atoms with Crippen LogP contribution in [0.2, 0.25) is 5.15 Å².